The second kappa shape index (κ2) is 3.61. The first kappa shape index (κ1) is 11.1. The van der Waals surface area contributed by atoms with Crippen molar-refractivity contribution in [1.82, 2.24) is 4.98 Å². The van der Waals surface area contributed by atoms with Crippen molar-refractivity contribution in [2.75, 3.05) is 0 Å². The molecule has 2 heteroatoms. The Kier molecular flexibility index (Phi) is 2.10. The summed E-state index contributed by atoms with van der Waals surface area (Å²) in [5, 5.41) is 4.15. The predicted molar refractivity (Wildman–Crippen MR) is 85.4 cm³/mol. The molecule has 0 radical (unpaired) electrons. The number of aryl methyl sites for hydroxylation is 3. The van der Waals surface area contributed by atoms with Gasteiger partial charge in [0.2, 0.25) is 0 Å². The zero-order valence-corrected chi connectivity index (χ0v) is 12.1. The van der Waals surface area contributed by atoms with Crippen LogP contribution in [-0.4, -0.2) is 4.98 Å². The van der Waals surface area contributed by atoms with Crippen LogP contribution in [0.5, 0.6) is 0 Å². The van der Waals surface area contributed by atoms with Crippen LogP contribution in [0.2, 0.25) is 0 Å². The minimum absolute atomic E-state index is 1.23. The van der Waals surface area contributed by atoms with Crippen LogP contribution in [0, 0.1) is 20.8 Å². The second-order valence-electron chi connectivity index (χ2n) is 5.27. The molecule has 0 aliphatic rings. The summed E-state index contributed by atoms with van der Waals surface area (Å²) in [4.78, 5) is 5.00. The van der Waals surface area contributed by atoms with Gasteiger partial charge in [-0.2, -0.15) is 0 Å². The number of aromatic nitrogens is 1. The van der Waals surface area contributed by atoms with Gasteiger partial charge < -0.3 is 4.98 Å². The van der Waals surface area contributed by atoms with Gasteiger partial charge in [0, 0.05) is 25.9 Å². The summed E-state index contributed by atoms with van der Waals surface area (Å²) in [5.74, 6) is 0. The van der Waals surface area contributed by atoms with E-state index in [0.29, 0.717) is 0 Å². The van der Waals surface area contributed by atoms with Crippen molar-refractivity contribution in [1.29, 1.82) is 0 Å². The fourth-order valence-corrected chi connectivity index (χ4v) is 4.17. The monoisotopic (exact) mass is 265 g/mol. The molecule has 2 aromatic carbocycles. The number of para-hydroxylation sites is 1. The zero-order chi connectivity index (χ0) is 13.1. The Morgan fingerprint density at radius 2 is 1.79 bits per heavy atom. The predicted octanol–water partition coefficient (Wildman–Crippen LogP) is 5.46. The van der Waals surface area contributed by atoms with Gasteiger partial charge in [0.05, 0.1) is 5.52 Å². The molecular formula is C17H15NS. The van der Waals surface area contributed by atoms with E-state index in [1.165, 1.54) is 47.9 Å². The Morgan fingerprint density at radius 3 is 2.63 bits per heavy atom. The molecule has 0 saturated heterocycles. The first-order chi connectivity index (χ1) is 9.16. The van der Waals surface area contributed by atoms with Gasteiger partial charge in [-0.1, -0.05) is 18.2 Å². The molecule has 0 amide bonds. The Bertz CT molecular complexity index is 940. The Labute approximate surface area is 115 Å². The number of H-pyrrole nitrogens is 1. The number of hydrogen-bond donors (Lipinski definition) is 1. The standard InChI is InChI=1S/C17H15NS/c1-9-8-13-10(2)11(3)19-17(13)15-12-6-4-5-7-14(12)18-16(9)15/h4-8,18H,1-3H3. The minimum atomic E-state index is 1.23. The fraction of sp³-hybridized carbons (Fsp3) is 0.176. The van der Waals surface area contributed by atoms with E-state index < -0.39 is 0 Å². The highest BCUT2D eigenvalue weighted by atomic mass is 32.1. The van der Waals surface area contributed by atoms with E-state index in [1.807, 2.05) is 11.3 Å². The van der Waals surface area contributed by atoms with E-state index in [4.69, 9.17) is 0 Å². The third-order valence-corrected chi connectivity index (χ3v) is 5.36. The molecule has 0 bridgehead atoms. The average Bonchev–Trinajstić information content (AvgIpc) is 2.92. The molecule has 0 fully saturated rings. The molecule has 0 unspecified atom stereocenters. The number of thiophene rings is 1. The maximum Gasteiger partial charge on any atom is 0.0509 e. The van der Waals surface area contributed by atoms with Gasteiger partial charge in [-0.25, -0.2) is 0 Å². The Hall–Kier alpha value is -1.80. The van der Waals surface area contributed by atoms with Crippen molar-refractivity contribution in [2.24, 2.45) is 0 Å². The summed E-state index contributed by atoms with van der Waals surface area (Å²) in [5.41, 5.74) is 5.28. The maximum absolute atomic E-state index is 3.57. The fourth-order valence-electron chi connectivity index (χ4n) is 2.97. The van der Waals surface area contributed by atoms with E-state index >= 15 is 0 Å². The third-order valence-electron chi connectivity index (χ3n) is 4.12. The molecule has 1 nitrogen and oxygen atoms in total. The molecule has 0 atom stereocenters. The number of hydrogen-bond acceptors (Lipinski definition) is 1. The van der Waals surface area contributed by atoms with E-state index in [0.717, 1.165) is 0 Å². The molecule has 0 aliphatic carbocycles. The molecule has 2 heterocycles. The van der Waals surface area contributed by atoms with E-state index in [-0.39, 0.29) is 0 Å². The van der Waals surface area contributed by atoms with E-state index in [1.54, 1.807) is 0 Å². The molecule has 2 aromatic heterocycles. The largest absolute Gasteiger partial charge is 0.354 e. The van der Waals surface area contributed by atoms with Crippen LogP contribution in [0.4, 0.5) is 0 Å². The van der Waals surface area contributed by atoms with Gasteiger partial charge in [0.25, 0.3) is 0 Å². The van der Waals surface area contributed by atoms with Crippen LogP contribution >= 0.6 is 11.3 Å². The molecule has 1 N–H and O–H groups in total. The van der Waals surface area contributed by atoms with Gasteiger partial charge in [0.15, 0.2) is 0 Å². The number of aromatic amines is 1. The van der Waals surface area contributed by atoms with Gasteiger partial charge in [-0.15, -0.1) is 11.3 Å². The molecular weight excluding hydrogens is 250 g/mol. The highest BCUT2D eigenvalue weighted by Gasteiger charge is 2.14. The summed E-state index contributed by atoms with van der Waals surface area (Å²) in [7, 11) is 0. The van der Waals surface area contributed by atoms with Crippen LogP contribution in [0.25, 0.3) is 31.9 Å². The highest BCUT2D eigenvalue weighted by molar-refractivity contribution is 7.20. The summed E-state index contributed by atoms with van der Waals surface area (Å²) in [6.45, 7) is 6.65. The molecule has 0 aliphatic heterocycles. The van der Waals surface area contributed by atoms with Gasteiger partial charge >= 0.3 is 0 Å². The van der Waals surface area contributed by atoms with Gasteiger partial charge in [0.1, 0.15) is 0 Å². The SMILES string of the molecule is Cc1sc2c(cc(C)c3[nH]c4ccccc4c32)c1C. The van der Waals surface area contributed by atoms with Crippen LogP contribution < -0.4 is 0 Å². The first-order valence-corrected chi connectivity index (χ1v) is 7.38. The highest BCUT2D eigenvalue weighted by Crippen LogP contribution is 2.40. The maximum atomic E-state index is 3.57. The van der Waals surface area contributed by atoms with Crippen molar-refractivity contribution in [3.05, 3.63) is 46.3 Å². The van der Waals surface area contributed by atoms with Crippen molar-refractivity contribution in [3.8, 4) is 0 Å². The second-order valence-corrected chi connectivity index (χ2v) is 6.50. The van der Waals surface area contributed by atoms with Crippen molar-refractivity contribution in [2.45, 2.75) is 20.8 Å². The number of fused-ring (bicyclic) bond motifs is 5. The van der Waals surface area contributed by atoms with Gasteiger partial charge in [-0.05, 0) is 49.4 Å². The normalized spacial score (nSPS) is 11.9. The summed E-state index contributed by atoms with van der Waals surface area (Å²) >= 11 is 1.92. The molecule has 94 valence electrons. The molecule has 0 spiro atoms. The Morgan fingerprint density at radius 1 is 1.00 bits per heavy atom. The van der Waals surface area contributed by atoms with E-state index in [2.05, 4.69) is 56.1 Å². The van der Waals surface area contributed by atoms with Crippen molar-refractivity contribution in [3.63, 3.8) is 0 Å². The lowest BCUT2D eigenvalue weighted by Gasteiger charge is -2.00. The molecule has 4 aromatic rings. The number of nitrogens with one attached hydrogen (secondary N) is 1. The van der Waals surface area contributed by atoms with Crippen LogP contribution in [0.3, 0.4) is 0 Å². The zero-order valence-electron chi connectivity index (χ0n) is 11.3. The van der Waals surface area contributed by atoms with Crippen molar-refractivity contribution >= 4 is 43.2 Å². The van der Waals surface area contributed by atoms with Crippen LogP contribution in [-0.2, 0) is 0 Å². The quantitative estimate of drug-likeness (QED) is 0.434. The smallest absolute Gasteiger partial charge is 0.0509 e. The number of benzene rings is 2. The third kappa shape index (κ3) is 1.35. The van der Waals surface area contributed by atoms with Gasteiger partial charge in [-0.3, -0.25) is 0 Å². The lowest BCUT2D eigenvalue weighted by Crippen LogP contribution is -1.78. The Balaban J connectivity index is 2.39. The van der Waals surface area contributed by atoms with Crippen molar-refractivity contribution < 1.29 is 0 Å². The lowest BCUT2D eigenvalue weighted by atomic mass is 10.0. The average molecular weight is 265 g/mol. The first-order valence-electron chi connectivity index (χ1n) is 6.56. The molecule has 0 saturated carbocycles. The molecule has 4 rings (SSSR count). The summed E-state index contributed by atoms with van der Waals surface area (Å²) in [6, 6.07) is 10.9. The topological polar surface area (TPSA) is 15.8 Å². The van der Waals surface area contributed by atoms with Crippen LogP contribution in [0.15, 0.2) is 30.3 Å². The minimum Gasteiger partial charge on any atom is -0.354 e. The molecule has 19 heavy (non-hydrogen) atoms. The van der Waals surface area contributed by atoms with Crippen LogP contribution in [0.1, 0.15) is 16.0 Å². The summed E-state index contributed by atoms with van der Waals surface area (Å²) < 4.78 is 1.42. The lowest BCUT2D eigenvalue weighted by molar-refractivity contribution is 1.44. The summed E-state index contributed by atoms with van der Waals surface area (Å²) in [6.07, 6.45) is 0. The van der Waals surface area contributed by atoms with E-state index in [9.17, 15) is 0 Å². The number of rotatable bonds is 0.